The van der Waals surface area contributed by atoms with E-state index in [-0.39, 0.29) is 6.54 Å². The van der Waals surface area contributed by atoms with Gasteiger partial charge in [0.25, 0.3) is 0 Å². The maximum Gasteiger partial charge on any atom is 0.337 e. The number of amides is 1. The molecule has 4 aromatic rings. The summed E-state index contributed by atoms with van der Waals surface area (Å²) in [5, 5.41) is 0.321. The van der Waals surface area contributed by atoms with Gasteiger partial charge in [-0.1, -0.05) is 29.4 Å². The van der Waals surface area contributed by atoms with E-state index in [1.165, 1.54) is 29.8 Å². The van der Waals surface area contributed by atoms with Crippen molar-refractivity contribution in [1.82, 2.24) is 9.55 Å². The van der Waals surface area contributed by atoms with E-state index in [0.29, 0.717) is 15.4 Å². The maximum absolute atomic E-state index is 12.7. The second kappa shape index (κ2) is 7.38. The van der Waals surface area contributed by atoms with Gasteiger partial charge in [0.05, 0.1) is 39.7 Å². The number of carbonyl (C=O) groups is 2. The van der Waals surface area contributed by atoms with Crippen LogP contribution in [-0.4, -0.2) is 28.5 Å². The summed E-state index contributed by atoms with van der Waals surface area (Å²) < 4.78 is 8.25. The summed E-state index contributed by atoms with van der Waals surface area (Å²) in [4.78, 5) is 33.5. The van der Waals surface area contributed by atoms with E-state index in [4.69, 9.17) is 11.2 Å². The lowest BCUT2D eigenvalue weighted by molar-refractivity contribution is 0.0601. The number of terminal acetylenes is 1. The van der Waals surface area contributed by atoms with Crippen molar-refractivity contribution in [2.75, 3.05) is 7.11 Å². The lowest BCUT2D eigenvalue weighted by Gasteiger charge is -2.01. The third-order valence-electron chi connectivity index (χ3n) is 4.03. The Balaban J connectivity index is 1.83. The Hall–Kier alpha value is -3.28. The first kappa shape index (κ1) is 18.1. The fourth-order valence-corrected chi connectivity index (χ4v) is 4.66. The fraction of sp³-hybridized carbons (Fsp3) is 0.100. The van der Waals surface area contributed by atoms with Crippen LogP contribution in [0.1, 0.15) is 20.2 Å². The molecule has 0 unspecified atom stereocenters. The number of para-hydroxylation sites is 1. The van der Waals surface area contributed by atoms with Gasteiger partial charge in [-0.3, -0.25) is 4.79 Å². The monoisotopic (exact) mass is 407 g/mol. The summed E-state index contributed by atoms with van der Waals surface area (Å²) in [6.07, 6.45) is 5.50. The first-order valence-corrected chi connectivity index (χ1v) is 9.84. The van der Waals surface area contributed by atoms with Crippen LogP contribution in [0.3, 0.4) is 0 Å². The molecule has 0 bridgehead atoms. The van der Waals surface area contributed by atoms with Gasteiger partial charge >= 0.3 is 11.9 Å². The molecule has 138 valence electrons. The van der Waals surface area contributed by atoms with E-state index >= 15 is 0 Å². The largest absolute Gasteiger partial charge is 0.465 e. The van der Waals surface area contributed by atoms with E-state index < -0.39 is 11.9 Å². The van der Waals surface area contributed by atoms with Crippen LogP contribution in [0, 0.1) is 12.3 Å². The van der Waals surface area contributed by atoms with Crippen molar-refractivity contribution in [3.8, 4) is 12.3 Å². The summed E-state index contributed by atoms with van der Waals surface area (Å²) in [6, 6.07) is 12.7. The quantitative estimate of drug-likeness (QED) is 0.385. The Bertz CT molecular complexity index is 1310. The van der Waals surface area contributed by atoms with Crippen molar-refractivity contribution in [2.24, 2.45) is 4.99 Å². The maximum atomic E-state index is 12.7. The van der Waals surface area contributed by atoms with Crippen molar-refractivity contribution < 1.29 is 14.3 Å². The topological polar surface area (TPSA) is 73.5 Å². The van der Waals surface area contributed by atoms with E-state index in [1.807, 2.05) is 24.3 Å². The lowest BCUT2D eigenvalue weighted by Crippen LogP contribution is -2.16. The van der Waals surface area contributed by atoms with Crippen molar-refractivity contribution in [1.29, 1.82) is 0 Å². The zero-order valence-electron chi connectivity index (χ0n) is 14.7. The van der Waals surface area contributed by atoms with Crippen LogP contribution in [0.5, 0.6) is 0 Å². The minimum Gasteiger partial charge on any atom is -0.465 e. The predicted molar refractivity (Wildman–Crippen MR) is 110 cm³/mol. The molecular formula is C20H13N3O3S2. The van der Waals surface area contributed by atoms with Gasteiger partial charge in [-0.05, 0) is 30.3 Å². The molecule has 6 nitrogen and oxygen atoms in total. The Morgan fingerprint density at radius 2 is 2.04 bits per heavy atom. The number of esters is 1. The van der Waals surface area contributed by atoms with Crippen molar-refractivity contribution in [2.45, 2.75) is 6.54 Å². The third-order valence-corrected chi connectivity index (χ3v) is 6.09. The van der Waals surface area contributed by atoms with E-state index in [0.717, 1.165) is 20.4 Å². The first-order chi connectivity index (χ1) is 13.6. The highest BCUT2D eigenvalue weighted by molar-refractivity contribution is 7.20. The van der Waals surface area contributed by atoms with E-state index in [9.17, 15) is 9.59 Å². The van der Waals surface area contributed by atoms with E-state index in [1.54, 1.807) is 22.8 Å². The average Bonchev–Trinajstić information content (AvgIpc) is 3.29. The molecular weight excluding hydrogens is 394 g/mol. The Morgan fingerprint density at radius 1 is 1.21 bits per heavy atom. The lowest BCUT2D eigenvalue weighted by atomic mass is 10.2. The molecule has 0 spiro atoms. The summed E-state index contributed by atoms with van der Waals surface area (Å²) in [5.74, 6) is 1.73. The van der Waals surface area contributed by atoms with Gasteiger partial charge in [-0.25, -0.2) is 9.78 Å². The van der Waals surface area contributed by atoms with Gasteiger partial charge in [-0.2, -0.15) is 4.99 Å². The number of aromatic nitrogens is 2. The van der Waals surface area contributed by atoms with Crippen molar-refractivity contribution >= 4 is 55.0 Å². The molecule has 1 amide bonds. The molecule has 0 saturated carbocycles. The van der Waals surface area contributed by atoms with Crippen molar-refractivity contribution in [3.05, 3.63) is 57.8 Å². The molecule has 2 aromatic heterocycles. The second-order valence-corrected chi connectivity index (χ2v) is 7.79. The molecule has 0 aliphatic rings. The summed E-state index contributed by atoms with van der Waals surface area (Å²) in [6.45, 7) is 0.254. The number of benzene rings is 2. The Labute approximate surface area is 167 Å². The standard InChI is InChI=1S/C20H13N3O3S2/c1-3-10-23-14-9-8-12(19(25)26-2)11-16(14)28-20(23)22-17(24)18-21-13-6-4-5-7-15(13)27-18/h1,4-9,11H,10H2,2H3. The fourth-order valence-electron chi connectivity index (χ4n) is 2.75. The zero-order valence-corrected chi connectivity index (χ0v) is 16.3. The van der Waals surface area contributed by atoms with Crippen LogP contribution < -0.4 is 4.80 Å². The molecule has 4 rings (SSSR count). The smallest absolute Gasteiger partial charge is 0.337 e. The number of carbonyl (C=O) groups excluding carboxylic acids is 2. The average molecular weight is 407 g/mol. The molecule has 2 aromatic carbocycles. The molecule has 0 atom stereocenters. The van der Waals surface area contributed by atoms with Gasteiger partial charge < -0.3 is 9.30 Å². The van der Waals surface area contributed by atoms with Gasteiger partial charge in [0.15, 0.2) is 9.81 Å². The third kappa shape index (κ3) is 3.22. The normalized spacial score (nSPS) is 11.6. The second-order valence-electron chi connectivity index (χ2n) is 5.75. The first-order valence-electron chi connectivity index (χ1n) is 8.20. The number of hydrogen-bond donors (Lipinski definition) is 0. The summed E-state index contributed by atoms with van der Waals surface area (Å²) in [5.41, 5.74) is 1.99. The van der Waals surface area contributed by atoms with Crippen LogP contribution in [0.4, 0.5) is 0 Å². The van der Waals surface area contributed by atoms with Gasteiger partial charge in [0, 0.05) is 0 Å². The number of hydrogen-bond acceptors (Lipinski definition) is 6. The molecule has 2 heterocycles. The van der Waals surface area contributed by atoms with Crippen molar-refractivity contribution in [3.63, 3.8) is 0 Å². The highest BCUT2D eigenvalue weighted by Crippen LogP contribution is 2.23. The molecule has 8 heteroatoms. The molecule has 0 fully saturated rings. The van der Waals surface area contributed by atoms with Crippen LogP contribution in [0.25, 0.3) is 20.4 Å². The molecule has 0 N–H and O–H groups in total. The molecule has 28 heavy (non-hydrogen) atoms. The van der Waals surface area contributed by atoms with Crippen LogP contribution in [-0.2, 0) is 11.3 Å². The predicted octanol–water partition coefficient (Wildman–Crippen LogP) is 3.47. The number of nitrogens with zero attached hydrogens (tertiary/aromatic N) is 3. The Kier molecular flexibility index (Phi) is 4.77. The number of ether oxygens (including phenoxy) is 1. The molecule has 0 radical (unpaired) electrons. The molecule has 0 aliphatic heterocycles. The SMILES string of the molecule is C#CCn1c(=NC(=O)c2nc3ccccc3s2)sc2cc(C(=O)OC)ccc21. The Morgan fingerprint density at radius 3 is 2.79 bits per heavy atom. The minimum atomic E-state index is -0.428. The number of fused-ring (bicyclic) bond motifs is 2. The molecule has 0 aliphatic carbocycles. The van der Waals surface area contributed by atoms with Gasteiger partial charge in [0.1, 0.15) is 0 Å². The van der Waals surface area contributed by atoms with E-state index in [2.05, 4.69) is 15.9 Å². The van der Waals surface area contributed by atoms with Crippen LogP contribution in [0.15, 0.2) is 47.5 Å². The minimum absolute atomic E-state index is 0.254. The molecule has 0 saturated heterocycles. The van der Waals surface area contributed by atoms with Gasteiger partial charge in [0.2, 0.25) is 0 Å². The number of thiazole rings is 2. The zero-order chi connectivity index (χ0) is 19.7. The van der Waals surface area contributed by atoms with Gasteiger partial charge in [-0.15, -0.1) is 17.8 Å². The van der Waals surface area contributed by atoms with Crippen LogP contribution in [0.2, 0.25) is 0 Å². The highest BCUT2D eigenvalue weighted by Gasteiger charge is 2.14. The van der Waals surface area contributed by atoms with Crippen LogP contribution >= 0.6 is 22.7 Å². The summed E-state index contributed by atoms with van der Waals surface area (Å²) in [7, 11) is 1.33. The number of rotatable bonds is 3. The summed E-state index contributed by atoms with van der Waals surface area (Å²) >= 11 is 2.58. The highest BCUT2D eigenvalue weighted by atomic mass is 32.1. The number of methoxy groups -OCH3 is 1.